The van der Waals surface area contributed by atoms with Crippen LogP contribution in [0.3, 0.4) is 0 Å². The molecular formula is C15H27N5. The molecule has 0 amide bonds. The Bertz CT molecular complexity index is 413. The van der Waals surface area contributed by atoms with E-state index in [-0.39, 0.29) is 0 Å². The molecule has 0 saturated carbocycles. The molecule has 0 aromatic carbocycles. The van der Waals surface area contributed by atoms with Gasteiger partial charge in [0, 0.05) is 45.2 Å². The van der Waals surface area contributed by atoms with E-state index in [0.29, 0.717) is 0 Å². The average molecular weight is 277 g/mol. The summed E-state index contributed by atoms with van der Waals surface area (Å²) in [5, 5.41) is 3.30. The van der Waals surface area contributed by atoms with Crippen molar-refractivity contribution < 1.29 is 0 Å². The molecule has 1 aliphatic heterocycles. The molecule has 2 heterocycles. The van der Waals surface area contributed by atoms with Crippen molar-refractivity contribution in [1.82, 2.24) is 14.9 Å². The van der Waals surface area contributed by atoms with Crippen molar-refractivity contribution in [3.8, 4) is 0 Å². The van der Waals surface area contributed by atoms with E-state index in [1.54, 1.807) is 0 Å². The van der Waals surface area contributed by atoms with Crippen LogP contribution in [0.25, 0.3) is 0 Å². The van der Waals surface area contributed by atoms with Gasteiger partial charge in [-0.1, -0.05) is 13.8 Å². The standard InChI is InChI=1S/C15H27N5/c1-4-7-19-8-10-20(11-9-19)15-12-14(16-6-3)17-13(5-2)18-15/h12H,4-11H2,1-3H3,(H,16,17,18). The SMILES string of the molecule is CCCN1CCN(c2cc(NCC)nc(CC)n2)CC1. The van der Waals surface area contributed by atoms with Crippen molar-refractivity contribution in [1.29, 1.82) is 0 Å². The highest BCUT2D eigenvalue weighted by Gasteiger charge is 2.18. The monoisotopic (exact) mass is 277 g/mol. The predicted molar refractivity (Wildman–Crippen MR) is 84.5 cm³/mol. The fraction of sp³-hybridized carbons (Fsp3) is 0.733. The van der Waals surface area contributed by atoms with Crippen LogP contribution >= 0.6 is 0 Å². The van der Waals surface area contributed by atoms with E-state index in [1.807, 2.05) is 0 Å². The topological polar surface area (TPSA) is 44.3 Å². The average Bonchev–Trinajstić information content (AvgIpc) is 2.48. The van der Waals surface area contributed by atoms with E-state index < -0.39 is 0 Å². The highest BCUT2D eigenvalue weighted by atomic mass is 15.3. The molecule has 2 rings (SSSR count). The maximum Gasteiger partial charge on any atom is 0.134 e. The van der Waals surface area contributed by atoms with Crippen LogP contribution in [-0.4, -0.2) is 54.1 Å². The summed E-state index contributed by atoms with van der Waals surface area (Å²) in [6.45, 7) is 12.9. The number of anilines is 2. The number of piperazine rings is 1. The first kappa shape index (κ1) is 15.0. The van der Waals surface area contributed by atoms with Crippen molar-refractivity contribution in [2.75, 3.05) is 49.5 Å². The molecule has 5 nitrogen and oxygen atoms in total. The van der Waals surface area contributed by atoms with E-state index in [4.69, 9.17) is 0 Å². The van der Waals surface area contributed by atoms with Gasteiger partial charge in [0.05, 0.1) is 0 Å². The number of nitrogens with zero attached hydrogens (tertiary/aromatic N) is 4. The van der Waals surface area contributed by atoms with Gasteiger partial charge in [0.15, 0.2) is 0 Å². The van der Waals surface area contributed by atoms with Crippen molar-refractivity contribution in [2.45, 2.75) is 33.6 Å². The molecule has 0 radical (unpaired) electrons. The van der Waals surface area contributed by atoms with Gasteiger partial charge in [-0.05, 0) is 19.9 Å². The van der Waals surface area contributed by atoms with Gasteiger partial charge in [-0.2, -0.15) is 0 Å². The number of rotatable bonds is 6. The van der Waals surface area contributed by atoms with Gasteiger partial charge < -0.3 is 10.2 Å². The summed E-state index contributed by atoms with van der Waals surface area (Å²) >= 11 is 0. The summed E-state index contributed by atoms with van der Waals surface area (Å²) in [5.74, 6) is 2.95. The summed E-state index contributed by atoms with van der Waals surface area (Å²) in [6, 6.07) is 2.08. The van der Waals surface area contributed by atoms with E-state index in [0.717, 1.165) is 56.6 Å². The molecule has 0 atom stereocenters. The molecule has 1 fully saturated rings. The lowest BCUT2D eigenvalue weighted by Gasteiger charge is -2.35. The molecule has 1 aliphatic rings. The third kappa shape index (κ3) is 3.82. The van der Waals surface area contributed by atoms with Crippen molar-refractivity contribution in [3.63, 3.8) is 0 Å². The highest BCUT2D eigenvalue weighted by Crippen LogP contribution is 2.18. The second kappa shape index (κ2) is 7.43. The van der Waals surface area contributed by atoms with Gasteiger partial charge in [0.25, 0.3) is 0 Å². The molecule has 20 heavy (non-hydrogen) atoms. The minimum absolute atomic E-state index is 0.877. The zero-order valence-corrected chi connectivity index (χ0v) is 13.0. The Morgan fingerprint density at radius 3 is 2.45 bits per heavy atom. The van der Waals surface area contributed by atoms with Gasteiger partial charge in [0.2, 0.25) is 0 Å². The molecule has 0 spiro atoms. The Labute approximate surface area is 122 Å². The molecule has 1 saturated heterocycles. The van der Waals surface area contributed by atoms with Crippen LogP contribution in [0, 0.1) is 0 Å². The Morgan fingerprint density at radius 1 is 1.10 bits per heavy atom. The lowest BCUT2D eigenvalue weighted by atomic mass is 10.3. The van der Waals surface area contributed by atoms with Crippen LogP contribution in [0.1, 0.15) is 33.0 Å². The number of aryl methyl sites for hydroxylation is 1. The predicted octanol–water partition coefficient (Wildman–Crippen LogP) is 2.00. The molecule has 1 aromatic rings. The van der Waals surface area contributed by atoms with Gasteiger partial charge in [-0.25, -0.2) is 9.97 Å². The number of aromatic nitrogens is 2. The minimum Gasteiger partial charge on any atom is -0.370 e. The Kier molecular flexibility index (Phi) is 5.59. The van der Waals surface area contributed by atoms with Crippen LogP contribution < -0.4 is 10.2 Å². The lowest BCUT2D eigenvalue weighted by molar-refractivity contribution is 0.258. The van der Waals surface area contributed by atoms with E-state index in [1.165, 1.54) is 13.0 Å². The fourth-order valence-corrected chi connectivity index (χ4v) is 2.59. The molecule has 1 N–H and O–H groups in total. The molecule has 1 aromatic heterocycles. The van der Waals surface area contributed by atoms with Crippen molar-refractivity contribution in [2.24, 2.45) is 0 Å². The molecule has 112 valence electrons. The normalized spacial score (nSPS) is 16.4. The summed E-state index contributed by atoms with van der Waals surface area (Å²) in [7, 11) is 0. The van der Waals surface area contributed by atoms with Gasteiger partial charge in [0.1, 0.15) is 17.5 Å². The number of nitrogens with one attached hydrogen (secondary N) is 1. The Hall–Kier alpha value is -1.36. The van der Waals surface area contributed by atoms with Gasteiger partial charge >= 0.3 is 0 Å². The largest absolute Gasteiger partial charge is 0.370 e. The van der Waals surface area contributed by atoms with E-state index in [9.17, 15) is 0 Å². The van der Waals surface area contributed by atoms with Crippen LogP contribution in [-0.2, 0) is 6.42 Å². The number of hydrogen-bond donors (Lipinski definition) is 1. The smallest absolute Gasteiger partial charge is 0.134 e. The first-order chi connectivity index (χ1) is 9.76. The second-order valence-corrected chi connectivity index (χ2v) is 5.24. The quantitative estimate of drug-likeness (QED) is 0.861. The first-order valence-corrected chi connectivity index (χ1v) is 7.85. The van der Waals surface area contributed by atoms with Crippen molar-refractivity contribution in [3.05, 3.63) is 11.9 Å². The summed E-state index contributed by atoms with van der Waals surface area (Å²) in [6.07, 6.45) is 2.11. The molecule has 0 aliphatic carbocycles. The highest BCUT2D eigenvalue weighted by molar-refractivity contribution is 5.49. The van der Waals surface area contributed by atoms with Gasteiger partial charge in [-0.3, -0.25) is 4.90 Å². The van der Waals surface area contributed by atoms with Crippen molar-refractivity contribution >= 4 is 11.6 Å². The number of hydrogen-bond acceptors (Lipinski definition) is 5. The van der Waals surface area contributed by atoms with E-state index in [2.05, 4.69) is 51.9 Å². The molecule has 5 heteroatoms. The Morgan fingerprint density at radius 2 is 1.85 bits per heavy atom. The van der Waals surface area contributed by atoms with Gasteiger partial charge in [-0.15, -0.1) is 0 Å². The van der Waals surface area contributed by atoms with Crippen LogP contribution in [0.5, 0.6) is 0 Å². The Balaban J connectivity index is 2.06. The van der Waals surface area contributed by atoms with Crippen LogP contribution in [0.2, 0.25) is 0 Å². The van der Waals surface area contributed by atoms with E-state index >= 15 is 0 Å². The summed E-state index contributed by atoms with van der Waals surface area (Å²) in [4.78, 5) is 14.1. The summed E-state index contributed by atoms with van der Waals surface area (Å²) in [5.41, 5.74) is 0. The second-order valence-electron chi connectivity index (χ2n) is 5.24. The van der Waals surface area contributed by atoms with Crippen LogP contribution in [0.4, 0.5) is 11.6 Å². The molecule has 0 bridgehead atoms. The zero-order chi connectivity index (χ0) is 14.4. The zero-order valence-electron chi connectivity index (χ0n) is 13.0. The third-order valence-corrected chi connectivity index (χ3v) is 3.67. The third-order valence-electron chi connectivity index (χ3n) is 3.67. The maximum absolute atomic E-state index is 4.69. The fourth-order valence-electron chi connectivity index (χ4n) is 2.59. The molecular weight excluding hydrogens is 250 g/mol. The van der Waals surface area contributed by atoms with Crippen LogP contribution in [0.15, 0.2) is 6.07 Å². The minimum atomic E-state index is 0.877. The molecule has 0 unspecified atom stereocenters. The maximum atomic E-state index is 4.69. The lowest BCUT2D eigenvalue weighted by Crippen LogP contribution is -2.46. The summed E-state index contributed by atoms with van der Waals surface area (Å²) < 4.78 is 0. The first-order valence-electron chi connectivity index (χ1n) is 7.85.